The molecule has 7 heteroatoms. The molecule has 0 heterocycles. The Hall–Kier alpha value is -0.990. The zero-order valence-electron chi connectivity index (χ0n) is 15.5. The molecule has 1 saturated carbocycles. The number of ether oxygens (including phenoxy) is 1. The van der Waals surface area contributed by atoms with Crippen LogP contribution in [0.4, 0.5) is 4.79 Å². The van der Waals surface area contributed by atoms with Crippen LogP contribution in [0.1, 0.15) is 51.9 Å². The topological polar surface area (TPSA) is 74.8 Å². The van der Waals surface area contributed by atoms with Crippen LogP contribution < -0.4 is 16.0 Å². The number of allylic oxidation sites excluding steroid dienone is 1. The van der Waals surface area contributed by atoms with Crippen LogP contribution >= 0.6 is 24.0 Å². The fourth-order valence-electron chi connectivity index (χ4n) is 3.06. The number of hydrogen-bond acceptors (Lipinski definition) is 3. The quantitative estimate of drug-likeness (QED) is 0.223. The highest BCUT2D eigenvalue weighted by atomic mass is 127. The third-order valence-corrected chi connectivity index (χ3v) is 4.61. The first-order valence-corrected chi connectivity index (χ1v) is 9.28. The van der Waals surface area contributed by atoms with Gasteiger partial charge in [-0.1, -0.05) is 11.6 Å². The summed E-state index contributed by atoms with van der Waals surface area (Å²) in [5.74, 6) is 1.34. The number of nitrogens with one attached hydrogen (secondary N) is 3. The van der Waals surface area contributed by atoms with Crippen molar-refractivity contribution in [1.82, 2.24) is 16.0 Å². The number of alkyl carbamates (subject to hydrolysis) is 1. The van der Waals surface area contributed by atoms with Gasteiger partial charge in [-0.3, -0.25) is 4.99 Å². The molecule has 0 bridgehead atoms. The maximum atomic E-state index is 11.6. The number of nitrogens with zero attached hydrogens (tertiary/aromatic N) is 1. The molecule has 25 heavy (non-hydrogen) atoms. The summed E-state index contributed by atoms with van der Waals surface area (Å²) in [6.07, 6.45) is 10.6. The molecular weight excluding hydrogens is 431 g/mol. The van der Waals surface area contributed by atoms with Gasteiger partial charge in [-0.05, 0) is 57.8 Å². The van der Waals surface area contributed by atoms with Gasteiger partial charge in [0.15, 0.2) is 5.96 Å². The predicted molar refractivity (Wildman–Crippen MR) is 113 cm³/mol. The molecule has 0 aromatic carbocycles. The summed E-state index contributed by atoms with van der Waals surface area (Å²) in [5.41, 5.74) is 1.56. The SMILES string of the molecule is CCOC(=O)NC(CNC(=NC)NCCC1=CCCCC1)C1CC1.I. The Morgan fingerprint density at radius 3 is 2.76 bits per heavy atom. The van der Waals surface area contributed by atoms with Gasteiger partial charge in [0.2, 0.25) is 0 Å². The summed E-state index contributed by atoms with van der Waals surface area (Å²) in [6.45, 7) is 3.78. The monoisotopic (exact) mass is 464 g/mol. The lowest BCUT2D eigenvalue weighted by Gasteiger charge is -2.20. The molecule has 1 unspecified atom stereocenters. The summed E-state index contributed by atoms with van der Waals surface area (Å²) < 4.78 is 4.99. The molecule has 1 atom stereocenters. The summed E-state index contributed by atoms with van der Waals surface area (Å²) in [4.78, 5) is 15.9. The first-order chi connectivity index (χ1) is 11.7. The molecule has 0 aromatic rings. The van der Waals surface area contributed by atoms with E-state index in [1.165, 1.54) is 38.5 Å². The maximum absolute atomic E-state index is 11.6. The van der Waals surface area contributed by atoms with Crippen molar-refractivity contribution in [3.05, 3.63) is 11.6 Å². The molecule has 0 radical (unpaired) electrons. The molecule has 0 aliphatic heterocycles. The number of carbonyl (C=O) groups is 1. The van der Waals surface area contributed by atoms with Gasteiger partial charge in [0, 0.05) is 20.1 Å². The highest BCUT2D eigenvalue weighted by Crippen LogP contribution is 2.32. The largest absolute Gasteiger partial charge is 0.450 e. The molecule has 2 aliphatic carbocycles. The molecular formula is C18H33IN4O2. The van der Waals surface area contributed by atoms with Crippen LogP contribution in [0.3, 0.4) is 0 Å². The van der Waals surface area contributed by atoms with Gasteiger partial charge >= 0.3 is 6.09 Å². The number of guanidine groups is 1. The smallest absolute Gasteiger partial charge is 0.407 e. The van der Waals surface area contributed by atoms with Gasteiger partial charge in [0.1, 0.15) is 0 Å². The minimum Gasteiger partial charge on any atom is -0.450 e. The minimum atomic E-state index is -0.330. The maximum Gasteiger partial charge on any atom is 0.407 e. The van der Waals surface area contributed by atoms with Crippen molar-refractivity contribution in [3.63, 3.8) is 0 Å². The second-order valence-corrected chi connectivity index (χ2v) is 6.55. The van der Waals surface area contributed by atoms with E-state index in [4.69, 9.17) is 4.74 Å². The van der Waals surface area contributed by atoms with E-state index in [0.29, 0.717) is 19.1 Å². The zero-order valence-corrected chi connectivity index (χ0v) is 17.8. The molecule has 2 aliphatic rings. The van der Waals surface area contributed by atoms with Crippen LogP contribution in [-0.2, 0) is 4.74 Å². The molecule has 0 aromatic heterocycles. The Bertz CT molecular complexity index is 464. The van der Waals surface area contributed by atoms with E-state index < -0.39 is 0 Å². The molecule has 1 amide bonds. The molecule has 2 rings (SSSR count). The summed E-state index contributed by atoms with van der Waals surface area (Å²) >= 11 is 0. The van der Waals surface area contributed by atoms with Crippen molar-refractivity contribution >= 4 is 36.0 Å². The number of amides is 1. The molecule has 0 saturated heterocycles. The van der Waals surface area contributed by atoms with Crippen molar-refractivity contribution in [1.29, 1.82) is 0 Å². The lowest BCUT2D eigenvalue weighted by Crippen LogP contribution is -2.48. The van der Waals surface area contributed by atoms with Crippen molar-refractivity contribution in [2.24, 2.45) is 10.9 Å². The molecule has 0 spiro atoms. The van der Waals surface area contributed by atoms with E-state index in [1.807, 2.05) is 6.92 Å². The fraction of sp³-hybridized carbons (Fsp3) is 0.778. The van der Waals surface area contributed by atoms with Crippen LogP contribution in [0.25, 0.3) is 0 Å². The lowest BCUT2D eigenvalue weighted by molar-refractivity contribution is 0.146. The first kappa shape index (κ1) is 22.1. The third-order valence-electron chi connectivity index (χ3n) is 4.61. The fourth-order valence-corrected chi connectivity index (χ4v) is 3.06. The zero-order chi connectivity index (χ0) is 17.2. The average Bonchev–Trinajstić information content (AvgIpc) is 3.43. The van der Waals surface area contributed by atoms with Crippen LogP contribution in [0.5, 0.6) is 0 Å². The minimum absolute atomic E-state index is 0. The number of hydrogen-bond donors (Lipinski definition) is 3. The molecule has 144 valence electrons. The van der Waals surface area contributed by atoms with Gasteiger partial charge in [0.05, 0.1) is 12.6 Å². The van der Waals surface area contributed by atoms with Gasteiger partial charge in [-0.2, -0.15) is 0 Å². The average molecular weight is 464 g/mol. The summed E-state index contributed by atoms with van der Waals surface area (Å²) in [6, 6.07) is 0.101. The number of aliphatic imine (C=N–C) groups is 1. The Morgan fingerprint density at radius 1 is 1.36 bits per heavy atom. The van der Waals surface area contributed by atoms with E-state index in [-0.39, 0.29) is 36.1 Å². The highest BCUT2D eigenvalue weighted by molar-refractivity contribution is 14.0. The summed E-state index contributed by atoms with van der Waals surface area (Å²) in [7, 11) is 1.78. The molecule has 1 fully saturated rings. The third kappa shape index (κ3) is 8.78. The highest BCUT2D eigenvalue weighted by Gasteiger charge is 2.32. The van der Waals surface area contributed by atoms with Crippen LogP contribution in [0.2, 0.25) is 0 Å². The van der Waals surface area contributed by atoms with E-state index in [0.717, 1.165) is 18.9 Å². The standard InChI is InChI=1S/C18H32N4O2.HI/c1-3-24-18(23)22-16(15-9-10-15)13-21-17(19-2)20-12-11-14-7-5-4-6-8-14;/h7,15-16H,3-6,8-13H2,1-2H3,(H,22,23)(H2,19,20,21);1H. The van der Waals surface area contributed by atoms with Gasteiger partial charge in [-0.15, -0.1) is 24.0 Å². The Balaban J connectivity index is 0.00000312. The Morgan fingerprint density at radius 2 is 2.16 bits per heavy atom. The van der Waals surface area contributed by atoms with Crippen LogP contribution in [0, 0.1) is 5.92 Å². The van der Waals surface area contributed by atoms with E-state index in [1.54, 1.807) is 12.6 Å². The van der Waals surface area contributed by atoms with Gasteiger partial charge in [-0.25, -0.2) is 4.79 Å². The van der Waals surface area contributed by atoms with Crippen molar-refractivity contribution in [3.8, 4) is 0 Å². The second-order valence-electron chi connectivity index (χ2n) is 6.55. The van der Waals surface area contributed by atoms with Crippen molar-refractivity contribution in [2.75, 3.05) is 26.7 Å². The Kier molecular flexibility index (Phi) is 10.9. The predicted octanol–water partition coefficient (Wildman–Crippen LogP) is 3.18. The van der Waals surface area contributed by atoms with Crippen molar-refractivity contribution < 1.29 is 9.53 Å². The van der Waals surface area contributed by atoms with Crippen LogP contribution in [0.15, 0.2) is 16.6 Å². The van der Waals surface area contributed by atoms with Crippen LogP contribution in [-0.4, -0.2) is 44.8 Å². The number of rotatable bonds is 8. The van der Waals surface area contributed by atoms with Crippen molar-refractivity contribution in [2.45, 2.75) is 57.9 Å². The number of carbonyl (C=O) groups excluding carboxylic acids is 1. The van der Waals surface area contributed by atoms with Gasteiger partial charge in [0.25, 0.3) is 0 Å². The summed E-state index contributed by atoms with van der Waals surface area (Å²) in [5, 5.41) is 9.64. The molecule has 6 nitrogen and oxygen atoms in total. The molecule has 3 N–H and O–H groups in total. The normalized spacial score (nSPS) is 18.5. The van der Waals surface area contributed by atoms with E-state index in [2.05, 4.69) is 27.0 Å². The number of halogens is 1. The lowest BCUT2D eigenvalue weighted by atomic mass is 9.97. The van der Waals surface area contributed by atoms with E-state index >= 15 is 0 Å². The first-order valence-electron chi connectivity index (χ1n) is 9.28. The van der Waals surface area contributed by atoms with E-state index in [9.17, 15) is 4.79 Å². The Labute approximate surface area is 168 Å². The second kappa shape index (κ2) is 12.4. The van der Waals surface area contributed by atoms with Gasteiger partial charge < -0.3 is 20.7 Å².